The lowest BCUT2D eigenvalue weighted by Gasteiger charge is -2.15. The molecule has 0 amide bonds. The summed E-state index contributed by atoms with van der Waals surface area (Å²) >= 11 is 0. The summed E-state index contributed by atoms with van der Waals surface area (Å²) in [4.78, 5) is 0. The van der Waals surface area contributed by atoms with Crippen LogP contribution < -0.4 is 5.32 Å². The third kappa shape index (κ3) is 2.94. The molecule has 1 unspecified atom stereocenters. The van der Waals surface area contributed by atoms with Crippen LogP contribution in [0.25, 0.3) is 0 Å². The van der Waals surface area contributed by atoms with Crippen molar-refractivity contribution in [1.29, 1.82) is 0 Å². The number of aromatic nitrogens is 2. The zero-order chi connectivity index (χ0) is 12.3. The van der Waals surface area contributed by atoms with Crippen molar-refractivity contribution in [3.8, 4) is 0 Å². The first-order valence-electron chi connectivity index (χ1n) is 5.95. The Labute approximate surface area is 102 Å². The number of H-pyrrole nitrogens is 1. The van der Waals surface area contributed by atoms with Crippen molar-refractivity contribution in [1.82, 2.24) is 15.5 Å². The predicted molar refractivity (Wildman–Crippen MR) is 69.8 cm³/mol. The number of benzene rings is 1. The second-order valence-electron chi connectivity index (χ2n) is 4.55. The van der Waals surface area contributed by atoms with Crippen molar-refractivity contribution in [2.45, 2.75) is 33.4 Å². The summed E-state index contributed by atoms with van der Waals surface area (Å²) in [6.07, 6.45) is 3.76. The molecule has 1 aromatic heterocycles. The van der Waals surface area contributed by atoms with E-state index >= 15 is 0 Å². The van der Waals surface area contributed by atoms with Gasteiger partial charge in [-0.05, 0) is 37.5 Å². The Morgan fingerprint density at radius 1 is 1.29 bits per heavy atom. The van der Waals surface area contributed by atoms with Crippen molar-refractivity contribution in [2.24, 2.45) is 0 Å². The molecule has 1 aromatic carbocycles. The summed E-state index contributed by atoms with van der Waals surface area (Å²) < 4.78 is 0. The Hall–Kier alpha value is -1.61. The summed E-state index contributed by atoms with van der Waals surface area (Å²) in [7, 11) is 0. The van der Waals surface area contributed by atoms with Gasteiger partial charge in [-0.1, -0.05) is 18.2 Å². The van der Waals surface area contributed by atoms with E-state index in [4.69, 9.17) is 0 Å². The van der Waals surface area contributed by atoms with Gasteiger partial charge in [0, 0.05) is 24.3 Å². The summed E-state index contributed by atoms with van der Waals surface area (Å²) in [6, 6.07) is 6.97. The second kappa shape index (κ2) is 5.15. The van der Waals surface area contributed by atoms with Crippen LogP contribution in [0.15, 0.2) is 30.6 Å². The van der Waals surface area contributed by atoms with Crippen LogP contribution in [0.1, 0.15) is 35.2 Å². The average molecular weight is 229 g/mol. The second-order valence-corrected chi connectivity index (χ2v) is 4.55. The van der Waals surface area contributed by atoms with Gasteiger partial charge in [-0.2, -0.15) is 5.10 Å². The maximum absolute atomic E-state index is 3.93. The lowest BCUT2D eigenvalue weighted by atomic mass is 10.0. The Bertz CT molecular complexity index is 474. The van der Waals surface area contributed by atoms with Crippen LogP contribution in [0, 0.1) is 13.8 Å². The van der Waals surface area contributed by atoms with E-state index in [2.05, 4.69) is 54.5 Å². The highest BCUT2D eigenvalue weighted by atomic mass is 15.1. The van der Waals surface area contributed by atoms with Gasteiger partial charge >= 0.3 is 0 Å². The summed E-state index contributed by atoms with van der Waals surface area (Å²) in [5.74, 6) is 0. The number of aromatic amines is 1. The van der Waals surface area contributed by atoms with Crippen LogP contribution in [-0.4, -0.2) is 10.2 Å². The van der Waals surface area contributed by atoms with Crippen molar-refractivity contribution in [3.05, 3.63) is 52.8 Å². The van der Waals surface area contributed by atoms with Crippen molar-refractivity contribution >= 4 is 0 Å². The lowest BCUT2D eigenvalue weighted by molar-refractivity contribution is 0.574. The van der Waals surface area contributed by atoms with E-state index < -0.39 is 0 Å². The minimum absolute atomic E-state index is 0.351. The average Bonchev–Trinajstić information content (AvgIpc) is 2.82. The van der Waals surface area contributed by atoms with Gasteiger partial charge in [-0.25, -0.2) is 0 Å². The van der Waals surface area contributed by atoms with Crippen LogP contribution >= 0.6 is 0 Å². The monoisotopic (exact) mass is 229 g/mol. The molecule has 2 N–H and O–H groups in total. The lowest BCUT2D eigenvalue weighted by Crippen LogP contribution is -2.17. The first-order chi connectivity index (χ1) is 8.16. The predicted octanol–water partition coefficient (Wildman–Crippen LogP) is 2.88. The first-order valence-corrected chi connectivity index (χ1v) is 5.95. The minimum atomic E-state index is 0.351. The molecule has 0 saturated heterocycles. The Kier molecular flexibility index (Phi) is 3.59. The molecule has 1 atom stereocenters. The molecule has 90 valence electrons. The Morgan fingerprint density at radius 3 is 2.76 bits per heavy atom. The zero-order valence-electron chi connectivity index (χ0n) is 10.6. The van der Waals surface area contributed by atoms with Crippen molar-refractivity contribution < 1.29 is 0 Å². The molecule has 0 radical (unpaired) electrons. The first kappa shape index (κ1) is 11.9. The molecule has 2 rings (SSSR count). The van der Waals surface area contributed by atoms with Crippen LogP contribution in [-0.2, 0) is 6.54 Å². The minimum Gasteiger partial charge on any atom is -0.306 e. The van der Waals surface area contributed by atoms with Gasteiger partial charge in [-0.15, -0.1) is 0 Å². The number of rotatable bonds is 4. The van der Waals surface area contributed by atoms with E-state index in [1.54, 1.807) is 0 Å². The molecule has 0 saturated carbocycles. The third-order valence-electron chi connectivity index (χ3n) is 3.20. The van der Waals surface area contributed by atoms with Gasteiger partial charge in [0.25, 0.3) is 0 Å². The molecule has 0 bridgehead atoms. The van der Waals surface area contributed by atoms with Crippen LogP contribution in [0.2, 0.25) is 0 Å². The highest BCUT2D eigenvalue weighted by Crippen LogP contribution is 2.17. The molecular weight excluding hydrogens is 210 g/mol. The Morgan fingerprint density at radius 2 is 2.12 bits per heavy atom. The highest BCUT2D eigenvalue weighted by Gasteiger charge is 2.06. The fraction of sp³-hybridized carbons (Fsp3) is 0.357. The van der Waals surface area contributed by atoms with Gasteiger partial charge in [0.15, 0.2) is 0 Å². The summed E-state index contributed by atoms with van der Waals surface area (Å²) in [6.45, 7) is 7.32. The quantitative estimate of drug-likeness (QED) is 0.846. The van der Waals surface area contributed by atoms with Crippen molar-refractivity contribution in [2.75, 3.05) is 0 Å². The fourth-order valence-corrected chi connectivity index (χ4v) is 1.80. The fourth-order valence-electron chi connectivity index (χ4n) is 1.80. The molecule has 0 aliphatic rings. The van der Waals surface area contributed by atoms with E-state index in [1.165, 1.54) is 22.3 Å². The normalized spacial score (nSPS) is 12.6. The van der Waals surface area contributed by atoms with E-state index in [1.807, 2.05) is 12.4 Å². The van der Waals surface area contributed by atoms with E-state index in [0.29, 0.717) is 6.04 Å². The van der Waals surface area contributed by atoms with Gasteiger partial charge in [-0.3, -0.25) is 5.10 Å². The number of hydrogen-bond acceptors (Lipinski definition) is 2. The van der Waals surface area contributed by atoms with Gasteiger partial charge in [0.05, 0.1) is 6.20 Å². The van der Waals surface area contributed by atoms with Gasteiger partial charge in [0.2, 0.25) is 0 Å². The molecule has 0 aliphatic heterocycles. The maximum atomic E-state index is 3.93. The number of nitrogens with zero attached hydrogens (tertiary/aromatic N) is 1. The van der Waals surface area contributed by atoms with E-state index in [-0.39, 0.29) is 0 Å². The molecule has 0 aliphatic carbocycles. The standard InChI is InChI=1S/C14H19N3/c1-10-4-5-14(6-11(10)2)12(3)15-7-13-8-16-17-9-13/h4-6,8-9,12,15H,7H2,1-3H3,(H,16,17). The molecular formula is C14H19N3. The molecule has 17 heavy (non-hydrogen) atoms. The Balaban J connectivity index is 1.99. The van der Waals surface area contributed by atoms with Gasteiger partial charge in [0.1, 0.15) is 0 Å². The van der Waals surface area contributed by atoms with Crippen molar-refractivity contribution in [3.63, 3.8) is 0 Å². The van der Waals surface area contributed by atoms with Crippen LogP contribution in [0.3, 0.4) is 0 Å². The molecule has 3 heteroatoms. The van der Waals surface area contributed by atoms with Crippen LogP contribution in [0.4, 0.5) is 0 Å². The summed E-state index contributed by atoms with van der Waals surface area (Å²) in [5, 5.41) is 10.2. The molecule has 1 heterocycles. The molecule has 0 spiro atoms. The zero-order valence-corrected chi connectivity index (χ0v) is 10.6. The molecule has 0 fully saturated rings. The van der Waals surface area contributed by atoms with Gasteiger partial charge < -0.3 is 5.32 Å². The number of aryl methyl sites for hydroxylation is 2. The highest BCUT2D eigenvalue weighted by molar-refractivity contribution is 5.31. The largest absolute Gasteiger partial charge is 0.306 e. The number of nitrogens with one attached hydrogen (secondary N) is 2. The third-order valence-corrected chi connectivity index (χ3v) is 3.20. The molecule has 3 nitrogen and oxygen atoms in total. The number of hydrogen-bond donors (Lipinski definition) is 2. The maximum Gasteiger partial charge on any atom is 0.0532 e. The summed E-state index contributed by atoms with van der Waals surface area (Å²) in [5.41, 5.74) is 5.20. The SMILES string of the molecule is Cc1ccc(C(C)NCc2cn[nH]c2)cc1C. The van der Waals surface area contributed by atoms with Crippen LogP contribution in [0.5, 0.6) is 0 Å². The van der Waals surface area contributed by atoms with E-state index in [0.717, 1.165) is 6.54 Å². The smallest absolute Gasteiger partial charge is 0.0532 e. The molecule has 2 aromatic rings. The van der Waals surface area contributed by atoms with E-state index in [9.17, 15) is 0 Å². The topological polar surface area (TPSA) is 40.7 Å².